The van der Waals surface area contributed by atoms with Crippen LogP contribution in [-0.4, -0.2) is 5.91 Å². The molecule has 2 aromatic rings. The van der Waals surface area contributed by atoms with E-state index in [9.17, 15) is 18.0 Å². The quantitative estimate of drug-likeness (QED) is 0.870. The highest BCUT2D eigenvalue weighted by Crippen LogP contribution is 2.31. The number of carbonyl (C=O) groups excluding carboxylic acids is 1. The number of amides is 1. The average Bonchev–Trinajstić information content (AvgIpc) is 2.52. The first-order valence-corrected chi connectivity index (χ1v) is 7.37. The molecule has 2 rings (SSSR count). The lowest BCUT2D eigenvalue weighted by Gasteiger charge is -2.12. The third-order valence-electron chi connectivity index (χ3n) is 3.85. The van der Waals surface area contributed by atoms with Crippen molar-refractivity contribution in [1.29, 1.82) is 0 Å². The van der Waals surface area contributed by atoms with Crippen molar-refractivity contribution >= 4 is 5.91 Å². The molecule has 0 saturated carbocycles. The standard InChI is InChI=1S/C18H18F3NO/c1-2-13(17(22)23)10-12-4-3-5-15(11-12)14-6-8-16(9-7-14)18(19,20)21/h3-9,11,13H,2,10H2,1H3,(H2,22,23). The molecule has 1 unspecified atom stereocenters. The Hall–Kier alpha value is -2.30. The zero-order valence-electron chi connectivity index (χ0n) is 12.7. The average molecular weight is 321 g/mol. The molecule has 23 heavy (non-hydrogen) atoms. The van der Waals surface area contributed by atoms with Crippen LogP contribution in [0.4, 0.5) is 13.2 Å². The van der Waals surface area contributed by atoms with Crippen molar-refractivity contribution in [3.63, 3.8) is 0 Å². The van der Waals surface area contributed by atoms with E-state index in [4.69, 9.17) is 5.73 Å². The second-order valence-electron chi connectivity index (χ2n) is 5.49. The molecule has 0 heterocycles. The van der Waals surface area contributed by atoms with Crippen molar-refractivity contribution < 1.29 is 18.0 Å². The zero-order valence-corrected chi connectivity index (χ0v) is 12.7. The molecular weight excluding hydrogens is 303 g/mol. The molecule has 0 bridgehead atoms. The molecule has 0 spiro atoms. The molecule has 1 amide bonds. The topological polar surface area (TPSA) is 43.1 Å². The number of halogens is 3. The predicted octanol–water partition coefficient (Wildman–Crippen LogP) is 4.43. The lowest BCUT2D eigenvalue weighted by molar-refractivity contribution is -0.137. The van der Waals surface area contributed by atoms with Crippen LogP contribution in [0.2, 0.25) is 0 Å². The van der Waals surface area contributed by atoms with Gasteiger partial charge in [0.1, 0.15) is 0 Å². The first-order valence-electron chi connectivity index (χ1n) is 7.37. The van der Waals surface area contributed by atoms with Gasteiger partial charge in [0.15, 0.2) is 0 Å². The van der Waals surface area contributed by atoms with Crippen LogP contribution in [0.25, 0.3) is 11.1 Å². The Morgan fingerprint density at radius 1 is 1.09 bits per heavy atom. The van der Waals surface area contributed by atoms with E-state index < -0.39 is 11.7 Å². The smallest absolute Gasteiger partial charge is 0.369 e. The van der Waals surface area contributed by atoms with Crippen LogP contribution in [0, 0.1) is 5.92 Å². The highest BCUT2D eigenvalue weighted by molar-refractivity contribution is 5.77. The number of benzene rings is 2. The van der Waals surface area contributed by atoms with E-state index in [0.717, 1.165) is 23.3 Å². The lowest BCUT2D eigenvalue weighted by Crippen LogP contribution is -2.24. The van der Waals surface area contributed by atoms with Crippen LogP contribution < -0.4 is 5.73 Å². The Morgan fingerprint density at radius 2 is 1.74 bits per heavy atom. The minimum atomic E-state index is -4.34. The van der Waals surface area contributed by atoms with Crippen LogP contribution >= 0.6 is 0 Å². The highest BCUT2D eigenvalue weighted by Gasteiger charge is 2.29. The van der Waals surface area contributed by atoms with Crippen LogP contribution in [0.3, 0.4) is 0 Å². The maximum atomic E-state index is 12.6. The second kappa shape index (κ2) is 6.86. The van der Waals surface area contributed by atoms with E-state index in [1.165, 1.54) is 12.1 Å². The summed E-state index contributed by atoms with van der Waals surface area (Å²) < 4.78 is 37.8. The minimum absolute atomic E-state index is 0.238. The fraction of sp³-hybridized carbons (Fsp3) is 0.278. The predicted molar refractivity (Wildman–Crippen MR) is 83.6 cm³/mol. The molecule has 0 aliphatic carbocycles. The van der Waals surface area contributed by atoms with Gasteiger partial charge in [-0.15, -0.1) is 0 Å². The molecule has 0 aliphatic rings. The Balaban J connectivity index is 2.24. The monoisotopic (exact) mass is 321 g/mol. The molecule has 0 saturated heterocycles. The zero-order chi connectivity index (χ0) is 17.0. The van der Waals surface area contributed by atoms with E-state index in [2.05, 4.69) is 0 Å². The SMILES string of the molecule is CCC(Cc1cccc(-c2ccc(C(F)(F)F)cc2)c1)C(N)=O. The van der Waals surface area contributed by atoms with Gasteiger partial charge in [0.2, 0.25) is 5.91 Å². The summed E-state index contributed by atoms with van der Waals surface area (Å²) >= 11 is 0. The first kappa shape index (κ1) is 17.1. The first-order chi connectivity index (χ1) is 10.8. The molecule has 0 aromatic heterocycles. The summed E-state index contributed by atoms with van der Waals surface area (Å²) in [6.45, 7) is 1.90. The van der Waals surface area contributed by atoms with Gasteiger partial charge in [0.25, 0.3) is 0 Å². The van der Waals surface area contributed by atoms with Crippen molar-refractivity contribution in [3.05, 3.63) is 59.7 Å². The summed E-state index contributed by atoms with van der Waals surface area (Å²) in [4.78, 5) is 11.3. The van der Waals surface area contributed by atoms with Gasteiger partial charge in [0.05, 0.1) is 5.56 Å². The van der Waals surface area contributed by atoms with E-state index in [1.807, 2.05) is 31.2 Å². The normalized spacial score (nSPS) is 12.9. The minimum Gasteiger partial charge on any atom is -0.369 e. The maximum Gasteiger partial charge on any atom is 0.416 e. The molecule has 0 aliphatic heterocycles. The van der Waals surface area contributed by atoms with Gasteiger partial charge >= 0.3 is 6.18 Å². The number of primary amides is 1. The fourth-order valence-electron chi connectivity index (χ4n) is 2.46. The number of hydrogen-bond donors (Lipinski definition) is 1. The van der Waals surface area contributed by atoms with Crippen molar-refractivity contribution in [2.75, 3.05) is 0 Å². The molecule has 2 N–H and O–H groups in total. The van der Waals surface area contributed by atoms with Gasteiger partial charge in [-0.2, -0.15) is 13.2 Å². The summed E-state index contributed by atoms with van der Waals surface area (Å²) in [6, 6.07) is 12.5. The second-order valence-corrected chi connectivity index (χ2v) is 5.49. The Morgan fingerprint density at radius 3 is 2.26 bits per heavy atom. The number of hydrogen-bond acceptors (Lipinski definition) is 1. The maximum absolute atomic E-state index is 12.6. The summed E-state index contributed by atoms with van der Waals surface area (Å²) in [5.41, 5.74) is 7.14. The Bertz CT molecular complexity index is 677. The number of nitrogens with two attached hydrogens (primary N) is 1. The van der Waals surface area contributed by atoms with Crippen LogP contribution in [-0.2, 0) is 17.4 Å². The summed E-state index contributed by atoms with van der Waals surface area (Å²) in [5.74, 6) is -0.578. The Kier molecular flexibility index (Phi) is 5.08. The molecule has 2 nitrogen and oxygen atoms in total. The molecule has 122 valence electrons. The molecule has 0 radical (unpaired) electrons. The van der Waals surface area contributed by atoms with E-state index in [1.54, 1.807) is 0 Å². The van der Waals surface area contributed by atoms with Crippen LogP contribution in [0.1, 0.15) is 24.5 Å². The van der Waals surface area contributed by atoms with Gasteiger partial charge in [-0.3, -0.25) is 4.79 Å². The van der Waals surface area contributed by atoms with Crippen LogP contribution in [0.15, 0.2) is 48.5 Å². The van der Waals surface area contributed by atoms with Crippen molar-refractivity contribution in [3.8, 4) is 11.1 Å². The van der Waals surface area contributed by atoms with E-state index in [-0.39, 0.29) is 11.8 Å². The van der Waals surface area contributed by atoms with E-state index >= 15 is 0 Å². The molecule has 2 aromatic carbocycles. The third kappa shape index (κ3) is 4.34. The molecular formula is C18H18F3NO. The van der Waals surface area contributed by atoms with Crippen molar-refractivity contribution in [2.45, 2.75) is 25.9 Å². The Labute approximate surface area is 133 Å². The third-order valence-corrected chi connectivity index (χ3v) is 3.85. The molecule has 1 atom stereocenters. The van der Waals surface area contributed by atoms with Crippen molar-refractivity contribution in [1.82, 2.24) is 0 Å². The van der Waals surface area contributed by atoms with Gasteiger partial charge in [-0.1, -0.05) is 43.3 Å². The number of alkyl halides is 3. The van der Waals surface area contributed by atoms with Gasteiger partial charge in [-0.05, 0) is 41.7 Å². The summed E-state index contributed by atoms with van der Waals surface area (Å²) in [6.07, 6.45) is -3.16. The molecule has 0 fully saturated rings. The van der Waals surface area contributed by atoms with Crippen LogP contribution in [0.5, 0.6) is 0 Å². The number of rotatable bonds is 5. The van der Waals surface area contributed by atoms with Gasteiger partial charge in [0, 0.05) is 5.92 Å². The highest BCUT2D eigenvalue weighted by atomic mass is 19.4. The fourth-order valence-corrected chi connectivity index (χ4v) is 2.46. The lowest BCUT2D eigenvalue weighted by atomic mass is 9.94. The largest absolute Gasteiger partial charge is 0.416 e. The van der Waals surface area contributed by atoms with Gasteiger partial charge in [-0.25, -0.2) is 0 Å². The van der Waals surface area contributed by atoms with E-state index in [0.29, 0.717) is 18.4 Å². The van der Waals surface area contributed by atoms with Gasteiger partial charge < -0.3 is 5.73 Å². The summed E-state index contributed by atoms with van der Waals surface area (Å²) in [7, 11) is 0. The number of carbonyl (C=O) groups is 1. The summed E-state index contributed by atoms with van der Waals surface area (Å²) in [5, 5.41) is 0. The van der Waals surface area contributed by atoms with Crippen molar-refractivity contribution in [2.24, 2.45) is 11.7 Å². The molecule has 5 heteroatoms.